The molecule has 0 radical (unpaired) electrons. The predicted octanol–water partition coefficient (Wildman–Crippen LogP) is 4.53. The molecule has 7 heteroatoms. The molecule has 0 bridgehead atoms. The van der Waals surface area contributed by atoms with Gasteiger partial charge in [0, 0.05) is 17.6 Å². The molecule has 0 aliphatic heterocycles. The molecule has 5 nitrogen and oxygen atoms in total. The zero-order valence-electron chi connectivity index (χ0n) is 17.8. The van der Waals surface area contributed by atoms with Crippen LogP contribution in [0.25, 0.3) is 0 Å². The van der Waals surface area contributed by atoms with Crippen LogP contribution in [-0.4, -0.2) is 35.9 Å². The summed E-state index contributed by atoms with van der Waals surface area (Å²) in [6, 6.07) is 8.90. The second-order valence-electron chi connectivity index (χ2n) is 7.27. The topological polar surface area (TPSA) is 58.6 Å². The van der Waals surface area contributed by atoms with Crippen molar-refractivity contribution < 1.29 is 18.7 Å². The third-order valence-corrected chi connectivity index (χ3v) is 6.01. The van der Waals surface area contributed by atoms with E-state index in [1.54, 1.807) is 19.1 Å². The number of carbonyl (C=O) groups excluding carboxylic acids is 2. The minimum absolute atomic E-state index is 0.182. The minimum atomic E-state index is -0.689. The van der Waals surface area contributed by atoms with E-state index in [4.69, 9.17) is 4.74 Å². The lowest BCUT2D eigenvalue weighted by atomic mass is 10.1. The first-order valence-electron chi connectivity index (χ1n) is 9.94. The number of rotatable bonds is 9. The number of nitrogens with zero attached hydrogens (tertiary/aromatic N) is 1. The van der Waals surface area contributed by atoms with Crippen molar-refractivity contribution in [1.29, 1.82) is 0 Å². The number of hydrogen-bond donors (Lipinski definition) is 1. The van der Waals surface area contributed by atoms with Crippen molar-refractivity contribution in [2.24, 2.45) is 0 Å². The number of amides is 2. The maximum absolute atomic E-state index is 13.2. The Balaban J connectivity index is 2.16. The normalized spacial score (nSPS) is 11.7. The molecule has 0 saturated heterocycles. The van der Waals surface area contributed by atoms with Crippen LogP contribution >= 0.6 is 15.9 Å². The number of carbonyl (C=O) groups is 2. The molecule has 0 aliphatic carbocycles. The standard InChI is InChI=1S/C23H28BrFN2O3/c1-5-10-26-23(29)17(4)27(13-18-6-8-19(25)9-7-18)21(28)14-30-20-11-15(2)22(24)16(3)12-20/h6-9,11-12,17H,5,10,13-14H2,1-4H3,(H,26,29)/t17-/m0/s1. The molecule has 0 saturated carbocycles. The summed E-state index contributed by atoms with van der Waals surface area (Å²) < 4.78 is 20.0. The summed E-state index contributed by atoms with van der Waals surface area (Å²) in [7, 11) is 0. The third kappa shape index (κ3) is 6.55. The molecule has 0 fully saturated rings. The first-order valence-corrected chi connectivity index (χ1v) is 10.7. The highest BCUT2D eigenvalue weighted by molar-refractivity contribution is 9.10. The molecule has 2 aromatic carbocycles. The summed E-state index contributed by atoms with van der Waals surface area (Å²) in [5, 5.41) is 2.82. The molecule has 1 atom stereocenters. The van der Waals surface area contributed by atoms with Crippen LogP contribution in [0.3, 0.4) is 0 Å². The van der Waals surface area contributed by atoms with Crippen LogP contribution < -0.4 is 10.1 Å². The number of aryl methyl sites for hydroxylation is 2. The first kappa shape index (κ1) is 23.9. The second kappa shape index (κ2) is 11.1. The van der Waals surface area contributed by atoms with Gasteiger partial charge in [0.05, 0.1) is 0 Å². The molecule has 0 aromatic heterocycles. The molecule has 0 heterocycles. The average molecular weight is 479 g/mol. The second-order valence-corrected chi connectivity index (χ2v) is 8.07. The van der Waals surface area contributed by atoms with E-state index in [1.807, 2.05) is 32.9 Å². The summed E-state index contributed by atoms with van der Waals surface area (Å²) in [6.45, 7) is 8.06. The minimum Gasteiger partial charge on any atom is -0.484 e. The zero-order valence-corrected chi connectivity index (χ0v) is 19.4. The van der Waals surface area contributed by atoms with E-state index in [0.29, 0.717) is 12.3 Å². The van der Waals surface area contributed by atoms with Crippen molar-refractivity contribution in [1.82, 2.24) is 10.2 Å². The Morgan fingerprint density at radius 1 is 1.17 bits per heavy atom. The Morgan fingerprint density at radius 3 is 2.33 bits per heavy atom. The Kier molecular flexibility index (Phi) is 8.84. The summed E-state index contributed by atoms with van der Waals surface area (Å²) in [6.07, 6.45) is 0.801. The molecule has 30 heavy (non-hydrogen) atoms. The van der Waals surface area contributed by atoms with E-state index in [2.05, 4.69) is 21.2 Å². The van der Waals surface area contributed by atoms with Crippen LogP contribution in [-0.2, 0) is 16.1 Å². The molecule has 0 spiro atoms. The summed E-state index contributed by atoms with van der Waals surface area (Å²) in [5.74, 6) is -0.319. The van der Waals surface area contributed by atoms with Gasteiger partial charge in [-0.05, 0) is 68.1 Å². The Bertz CT molecular complexity index is 864. The highest BCUT2D eigenvalue weighted by Crippen LogP contribution is 2.26. The fourth-order valence-electron chi connectivity index (χ4n) is 2.98. The number of halogens is 2. The van der Waals surface area contributed by atoms with E-state index in [-0.39, 0.29) is 30.8 Å². The quantitative estimate of drug-likeness (QED) is 0.575. The molecular weight excluding hydrogens is 451 g/mol. The van der Waals surface area contributed by atoms with Gasteiger partial charge in [0.25, 0.3) is 5.91 Å². The van der Waals surface area contributed by atoms with Crippen molar-refractivity contribution >= 4 is 27.7 Å². The van der Waals surface area contributed by atoms with Gasteiger partial charge >= 0.3 is 0 Å². The van der Waals surface area contributed by atoms with E-state index in [9.17, 15) is 14.0 Å². The Labute approximate surface area is 185 Å². The lowest BCUT2D eigenvalue weighted by Gasteiger charge is -2.28. The van der Waals surface area contributed by atoms with Gasteiger partial charge < -0.3 is 15.0 Å². The lowest BCUT2D eigenvalue weighted by Crippen LogP contribution is -2.49. The fraction of sp³-hybridized carbons (Fsp3) is 0.391. The van der Waals surface area contributed by atoms with Crippen LogP contribution in [0.4, 0.5) is 4.39 Å². The van der Waals surface area contributed by atoms with Crippen LogP contribution in [0, 0.1) is 19.7 Å². The molecule has 0 aliphatic rings. The summed E-state index contributed by atoms with van der Waals surface area (Å²) >= 11 is 3.51. The van der Waals surface area contributed by atoms with Crippen LogP contribution in [0.2, 0.25) is 0 Å². The maximum atomic E-state index is 13.2. The van der Waals surface area contributed by atoms with Gasteiger partial charge in [0.15, 0.2) is 6.61 Å². The van der Waals surface area contributed by atoms with E-state index >= 15 is 0 Å². The summed E-state index contributed by atoms with van der Waals surface area (Å²) in [5.41, 5.74) is 2.75. The number of benzene rings is 2. The van der Waals surface area contributed by atoms with Crippen LogP contribution in [0.1, 0.15) is 37.0 Å². The van der Waals surface area contributed by atoms with Gasteiger partial charge in [-0.1, -0.05) is 35.0 Å². The number of ether oxygens (including phenoxy) is 1. The molecule has 2 amide bonds. The van der Waals surface area contributed by atoms with Gasteiger partial charge in [-0.2, -0.15) is 0 Å². The molecule has 2 rings (SSSR count). The largest absolute Gasteiger partial charge is 0.484 e. The van der Waals surface area contributed by atoms with Gasteiger partial charge in [0.1, 0.15) is 17.6 Å². The molecular formula is C23H28BrFN2O3. The Morgan fingerprint density at radius 2 is 1.77 bits per heavy atom. The van der Waals surface area contributed by atoms with Gasteiger partial charge in [0.2, 0.25) is 5.91 Å². The van der Waals surface area contributed by atoms with E-state index in [0.717, 1.165) is 27.6 Å². The third-order valence-electron chi connectivity index (χ3n) is 4.75. The lowest BCUT2D eigenvalue weighted by molar-refractivity contribution is -0.142. The number of nitrogens with one attached hydrogen (secondary N) is 1. The zero-order chi connectivity index (χ0) is 22.3. The van der Waals surface area contributed by atoms with Gasteiger partial charge in [-0.3, -0.25) is 9.59 Å². The molecule has 162 valence electrons. The van der Waals surface area contributed by atoms with Gasteiger partial charge in [-0.25, -0.2) is 4.39 Å². The molecule has 0 unspecified atom stereocenters. The monoisotopic (exact) mass is 478 g/mol. The highest BCUT2D eigenvalue weighted by Gasteiger charge is 2.26. The van der Waals surface area contributed by atoms with Crippen molar-refractivity contribution in [3.8, 4) is 5.75 Å². The number of hydrogen-bond acceptors (Lipinski definition) is 3. The highest BCUT2D eigenvalue weighted by atomic mass is 79.9. The first-order chi connectivity index (χ1) is 14.2. The van der Waals surface area contributed by atoms with E-state index < -0.39 is 6.04 Å². The van der Waals surface area contributed by atoms with E-state index in [1.165, 1.54) is 17.0 Å². The van der Waals surface area contributed by atoms with Crippen LogP contribution in [0.5, 0.6) is 5.75 Å². The molecule has 2 aromatic rings. The molecule has 1 N–H and O–H groups in total. The predicted molar refractivity (Wildman–Crippen MR) is 119 cm³/mol. The fourth-order valence-corrected chi connectivity index (χ4v) is 3.21. The summed E-state index contributed by atoms with van der Waals surface area (Å²) in [4.78, 5) is 26.9. The van der Waals surface area contributed by atoms with Crippen molar-refractivity contribution in [3.63, 3.8) is 0 Å². The Hall–Kier alpha value is -2.41. The van der Waals surface area contributed by atoms with Gasteiger partial charge in [-0.15, -0.1) is 0 Å². The van der Waals surface area contributed by atoms with Crippen molar-refractivity contribution in [2.75, 3.05) is 13.2 Å². The van der Waals surface area contributed by atoms with Crippen molar-refractivity contribution in [3.05, 3.63) is 63.4 Å². The SMILES string of the molecule is CCCNC(=O)[C@H](C)N(Cc1ccc(F)cc1)C(=O)COc1cc(C)c(Br)c(C)c1. The smallest absolute Gasteiger partial charge is 0.261 e. The van der Waals surface area contributed by atoms with Crippen molar-refractivity contribution in [2.45, 2.75) is 46.7 Å². The average Bonchev–Trinajstić information content (AvgIpc) is 2.73. The maximum Gasteiger partial charge on any atom is 0.261 e. The van der Waals surface area contributed by atoms with Crippen LogP contribution in [0.15, 0.2) is 40.9 Å².